The summed E-state index contributed by atoms with van der Waals surface area (Å²) in [5, 5.41) is 2.67. The molecular weight excluding hydrogens is 381 g/mol. The molecular formula is C22H19F3N2O2. The number of nitrogens with one attached hydrogen (secondary N) is 1. The minimum Gasteiger partial charge on any atom is -0.492 e. The highest BCUT2D eigenvalue weighted by atomic mass is 19.4. The number of benzene rings is 3. The van der Waals surface area contributed by atoms with Gasteiger partial charge in [0.25, 0.3) is 5.91 Å². The van der Waals surface area contributed by atoms with Crippen LogP contribution in [-0.4, -0.2) is 18.8 Å². The standard InChI is InChI=1S/C22H19F3N2O2/c1-2-29-20-14-13-16(21(28)26-17-9-5-3-6-10-17)15-19(20)27(22(23,24)25)18-11-7-4-8-12-18/h3-15H,2H2,1H3,(H,26,28). The van der Waals surface area contributed by atoms with Crippen LogP contribution in [0.2, 0.25) is 0 Å². The fourth-order valence-electron chi connectivity index (χ4n) is 2.83. The number of rotatable bonds is 6. The average Bonchev–Trinajstić information content (AvgIpc) is 2.70. The number of carbonyl (C=O) groups excluding carboxylic acids is 1. The molecule has 3 aromatic carbocycles. The van der Waals surface area contributed by atoms with Gasteiger partial charge in [-0.15, -0.1) is 13.2 Å². The van der Waals surface area contributed by atoms with Crippen LogP contribution in [0.1, 0.15) is 17.3 Å². The van der Waals surface area contributed by atoms with Crippen molar-refractivity contribution in [2.24, 2.45) is 0 Å². The topological polar surface area (TPSA) is 41.6 Å². The summed E-state index contributed by atoms with van der Waals surface area (Å²) in [7, 11) is 0. The summed E-state index contributed by atoms with van der Waals surface area (Å²) in [5.41, 5.74) is 0.286. The van der Waals surface area contributed by atoms with Gasteiger partial charge in [-0.2, -0.15) is 0 Å². The van der Waals surface area contributed by atoms with Crippen LogP contribution in [0.5, 0.6) is 5.75 Å². The van der Waals surface area contributed by atoms with Crippen molar-refractivity contribution >= 4 is 23.0 Å². The van der Waals surface area contributed by atoms with Crippen LogP contribution < -0.4 is 15.0 Å². The van der Waals surface area contributed by atoms with Gasteiger partial charge in [0, 0.05) is 16.9 Å². The fraction of sp³-hybridized carbons (Fsp3) is 0.136. The van der Waals surface area contributed by atoms with Crippen molar-refractivity contribution in [2.45, 2.75) is 13.2 Å². The third-order valence-electron chi connectivity index (χ3n) is 4.06. The molecule has 4 nitrogen and oxygen atoms in total. The summed E-state index contributed by atoms with van der Waals surface area (Å²) in [6.07, 6.45) is -4.72. The zero-order valence-corrected chi connectivity index (χ0v) is 15.6. The Balaban J connectivity index is 2.05. The van der Waals surface area contributed by atoms with Crippen LogP contribution in [0, 0.1) is 0 Å². The highest BCUT2D eigenvalue weighted by Crippen LogP contribution is 2.42. The highest BCUT2D eigenvalue weighted by molar-refractivity contribution is 6.05. The van der Waals surface area contributed by atoms with Crippen LogP contribution in [-0.2, 0) is 0 Å². The quantitative estimate of drug-likeness (QED) is 0.517. The molecule has 0 aromatic heterocycles. The summed E-state index contributed by atoms with van der Waals surface area (Å²) in [4.78, 5) is 12.8. The van der Waals surface area contributed by atoms with E-state index in [0.29, 0.717) is 5.69 Å². The molecule has 0 saturated carbocycles. The van der Waals surface area contributed by atoms with Crippen LogP contribution in [0.25, 0.3) is 0 Å². The Morgan fingerprint density at radius 1 is 0.966 bits per heavy atom. The molecule has 1 amide bonds. The molecule has 0 unspecified atom stereocenters. The number of carbonyl (C=O) groups is 1. The molecule has 29 heavy (non-hydrogen) atoms. The van der Waals surface area contributed by atoms with Gasteiger partial charge in [-0.1, -0.05) is 36.4 Å². The summed E-state index contributed by atoms with van der Waals surface area (Å²) in [6, 6.07) is 20.0. The van der Waals surface area contributed by atoms with Crippen molar-refractivity contribution in [1.29, 1.82) is 0 Å². The minimum atomic E-state index is -4.72. The van der Waals surface area contributed by atoms with Crippen LogP contribution >= 0.6 is 0 Å². The lowest BCUT2D eigenvalue weighted by atomic mass is 10.1. The first kappa shape index (κ1) is 20.3. The Kier molecular flexibility index (Phi) is 6.07. The van der Waals surface area contributed by atoms with Gasteiger partial charge in [0.05, 0.1) is 12.3 Å². The number of hydrogen-bond donors (Lipinski definition) is 1. The van der Waals surface area contributed by atoms with E-state index in [4.69, 9.17) is 4.74 Å². The van der Waals surface area contributed by atoms with E-state index in [0.717, 1.165) is 0 Å². The van der Waals surface area contributed by atoms with Gasteiger partial charge in [-0.3, -0.25) is 4.79 Å². The molecule has 0 aliphatic carbocycles. The molecule has 0 spiro atoms. The van der Waals surface area contributed by atoms with Gasteiger partial charge < -0.3 is 10.1 Å². The fourth-order valence-corrected chi connectivity index (χ4v) is 2.83. The number of para-hydroxylation sites is 2. The lowest BCUT2D eigenvalue weighted by molar-refractivity contribution is -0.121. The number of halogens is 3. The zero-order valence-electron chi connectivity index (χ0n) is 15.6. The Morgan fingerprint density at radius 3 is 2.17 bits per heavy atom. The second-order valence-electron chi connectivity index (χ2n) is 6.07. The number of anilines is 3. The van der Waals surface area contributed by atoms with E-state index in [1.165, 1.54) is 42.5 Å². The molecule has 7 heteroatoms. The number of alkyl halides is 3. The van der Waals surface area contributed by atoms with Crippen LogP contribution in [0.15, 0.2) is 78.9 Å². The van der Waals surface area contributed by atoms with Gasteiger partial charge in [0.2, 0.25) is 0 Å². The third-order valence-corrected chi connectivity index (χ3v) is 4.06. The molecule has 3 rings (SSSR count). The molecule has 0 aliphatic rings. The predicted molar refractivity (Wildman–Crippen MR) is 107 cm³/mol. The minimum absolute atomic E-state index is 0.0324. The van der Waals surface area contributed by atoms with Crippen molar-refractivity contribution in [2.75, 3.05) is 16.8 Å². The van der Waals surface area contributed by atoms with Crippen LogP contribution in [0.4, 0.5) is 30.2 Å². The Morgan fingerprint density at radius 2 is 1.59 bits per heavy atom. The van der Waals surface area contributed by atoms with E-state index in [2.05, 4.69) is 5.32 Å². The SMILES string of the molecule is CCOc1ccc(C(=O)Nc2ccccc2)cc1N(c1ccccc1)C(F)(F)F. The van der Waals surface area contributed by atoms with Crippen molar-refractivity contribution in [1.82, 2.24) is 0 Å². The van der Waals surface area contributed by atoms with Gasteiger partial charge >= 0.3 is 6.30 Å². The molecule has 0 atom stereocenters. The smallest absolute Gasteiger partial charge is 0.489 e. The second-order valence-corrected chi connectivity index (χ2v) is 6.07. The number of nitrogens with zero attached hydrogens (tertiary/aromatic N) is 1. The number of hydrogen-bond acceptors (Lipinski definition) is 3. The summed E-state index contributed by atoms with van der Waals surface area (Å²) in [5.74, 6) is -0.486. The summed E-state index contributed by atoms with van der Waals surface area (Å²) in [6.45, 7) is 1.86. The number of amides is 1. The van der Waals surface area contributed by atoms with E-state index in [1.54, 1.807) is 43.3 Å². The molecule has 0 saturated heterocycles. The maximum atomic E-state index is 14.0. The first-order valence-corrected chi connectivity index (χ1v) is 8.95. The van der Waals surface area contributed by atoms with Crippen LogP contribution in [0.3, 0.4) is 0 Å². The molecule has 0 radical (unpaired) electrons. The molecule has 1 N–H and O–H groups in total. The lowest BCUT2D eigenvalue weighted by Gasteiger charge is -2.29. The van der Waals surface area contributed by atoms with E-state index in [9.17, 15) is 18.0 Å². The lowest BCUT2D eigenvalue weighted by Crippen LogP contribution is -2.34. The van der Waals surface area contributed by atoms with Gasteiger partial charge in [-0.25, -0.2) is 4.90 Å². The maximum Gasteiger partial charge on any atom is 0.489 e. The Labute approximate surface area is 166 Å². The molecule has 3 aromatic rings. The summed E-state index contributed by atoms with van der Waals surface area (Å²) >= 11 is 0. The first-order chi connectivity index (χ1) is 13.9. The van der Waals surface area contributed by atoms with Crippen molar-refractivity contribution in [3.05, 3.63) is 84.4 Å². The molecule has 150 valence electrons. The van der Waals surface area contributed by atoms with Gasteiger partial charge in [0.1, 0.15) is 5.75 Å². The molecule has 0 aliphatic heterocycles. The molecule has 0 fully saturated rings. The number of ether oxygens (including phenoxy) is 1. The third kappa shape index (κ3) is 4.87. The van der Waals surface area contributed by atoms with E-state index in [1.807, 2.05) is 0 Å². The van der Waals surface area contributed by atoms with Crippen molar-refractivity contribution < 1.29 is 22.7 Å². The molecule has 0 heterocycles. The Hall–Kier alpha value is -3.48. The average molecular weight is 400 g/mol. The highest BCUT2D eigenvalue weighted by Gasteiger charge is 2.40. The largest absolute Gasteiger partial charge is 0.492 e. The van der Waals surface area contributed by atoms with E-state index < -0.39 is 12.2 Å². The van der Waals surface area contributed by atoms with Gasteiger partial charge in [-0.05, 0) is 49.4 Å². The summed E-state index contributed by atoms with van der Waals surface area (Å²) < 4.78 is 47.3. The monoisotopic (exact) mass is 400 g/mol. The van der Waals surface area contributed by atoms with E-state index >= 15 is 0 Å². The zero-order chi connectivity index (χ0) is 20.9. The molecule has 0 bridgehead atoms. The first-order valence-electron chi connectivity index (χ1n) is 8.95. The predicted octanol–water partition coefficient (Wildman–Crippen LogP) is 6.00. The van der Waals surface area contributed by atoms with Gasteiger partial charge in [0.15, 0.2) is 0 Å². The van der Waals surface area contributed by atoms with E-state index in [-0.39, 0.29) is 34.2 Å². The van der Waals surface area contributed by atoms with Crippen molar-refractivity contribution in [3.63, 3.8) is 0 Å². The second kappa shape index (κ2) is 8.68. The normalized spacial score (nSPS) is 11.0. The van der Waals surface area contributed by atoms with Crippen molar-refractivity contribution in [3.8, 4) is 5.75 Å². The Bertz CT molecular complexity index is 961. The maximum absolute atomic E-state index is 14.0.